The summed E-state index contributed by atoms with van der Waals surface area (Å²) < 4.78 is 14.2. The van der Waals surface area contributed by atoms with Crippen molar-refractivity contribution in [2.45, 2.75) is 20.3 Å². The molecule has 0 bridgehead atoms. The van der Waals surface area contributed by atoms with E-state index in [0.717, 1.165) is 17.7 Å². The normalized spacial score (nSPS) is 10.6. The SMILES string of the molecule is Cc1ccc(N(CCCN)c2ncnc(C)c2F)cc1. The first kappa shape index (κ1) is 14.4. The zero-order chi connectivity index (χ0) is 14.5. The Balaban J connectivity index is 2.41. The summed E-state index contributed by atoms with van der Waals surface area (Å²) in [5.74, 6) is -0.0834. The lowest BCUT2D eigenvalue weighted by Crippen LogP contribution is -2.23. The minimum atomic E-state index is -0.384. The van der Waals surface area contributed by atoms with Crippen LogP contribution in [0.4, 0.5) is 15.9 Å². The van der Waals surface area contributed by atoms with Gasteiger partial charge in [-0.15, -0.1) is 0 Å². The Kier molecular flexibility index (Phi) is 4.63. The number of halogens is 1. The van der Waals surface area contributed by atoms with Gasteiger partial charge in [-0.25, -0.2) is 14.4 Å². The number of nitrogens with zero attached hydrogens (tertiary/aromatic N) is 3. The number of hydrogen-bond donors (Lipinski definition) is 1. The highest BCUT2D eigenvalue weighted by Crippen LogP contribution is 2.26. The molecule has 0 saturated heterocycles. The van der Waals surface area contributed by atoms with Gasteiger partial charge in [-0.05, 0) is 38.9 Å². The predicted octanol–water partition coefficient (Wildman–Crippen LogP) is 2.72. The zero-order valence-electron chi connectivity index (χ0n) is 11.8. The average Bonchev–Trinajstić information content (AvgIpc) is 2.45. The van der Waals surface area contributed by atoms with Gasteiger partial charge >= 0.3 is 0 Å². The number of aryl methyl sites for hydroxylation is 2. The molecule has 1 aromatic heterocycles. The van der Waals surface area contributed by atoms with Gasteiger partial charge in [0.15, 0.2) is 11.6 Å². The smallest absolute Gasteiger partial charge is 0.187 e. The van der Waals surface area contributed by atoms with Gasteiger partial charge in [0.25, 0.3) is 0 Å². The summed E-state index contributed by atoms with van der Waals surface area (Å²) in [6.45, 7) is 4.82. The van der Waals surface area contributed by atoms with Gasteiger partial charge in [0.2, 0.25) is 0 Å². The molecule has 106 valence electrons. The zero-order valence-corrected chi connectivity index (χ0v) is 11.8. The van der Waals surface area contributed by atoms with E-state index in [1.807, 2.05) is 36.1 Å². The van der Waals surface area contributed by atoms with Gasteiger partial charge in [-0.2, -0.15) is 0 Å². The maximum absolute atomic E-state index is 14.2. The molecule has 0 aliphatic heterocycles. The quantitative estimate of drug-likeness (QED) is 0.910. The van der Waals surface area contributed by atoms with Gasteiger partial charge in [0, 0.05) is 12.2 Å². The lowest BCUT2D eigenvalue weighted by Gasteiger charge is -2.24. The van der Waals surface area contributed by atoms with Crippen molar-refractivity contribution in [3.63, 3.8) is 0 Å². The van der Waals surface area contributed by atoms with Crippen molar-refractivity contribution in [3.8, 4) is 0 Å². The van der Waals surface area contributed by atoms with Gasteiger partial charge in [-0.1, -0.05) is 17.7 Å². The predicted molar refractivity (Wildman–Crippen MR) is 78.6 cm³/mol. The molecule has 0 radical (unpaired) electrons. The largest absolute Gasteiger partial charge is 0.330 e. The van der Waals surface area contributed by atoms with E-state index in [-0.39, 0.29) is 5.82 Å². The Hall–Kier alpha value is -2.01. The lowest BCUT2D eigenvalue weighted by atomic mass is 10.2. The van der Waals surface area contributed by atoms with E-state index in [1.165, 1.54) is 6.33 Å². The number of rotatable bonds is 5. The van der Waals surface area contributed by atoms with E-state index in [4.69, 9.17) is 5.73 Å². The summed E-state index contributed by atoms with van der Waals surface area (Å²) >= 11 is 0. The monoisotopic (exact) mass is 274 g/mol. The van der Waals surface area contributed by atoms with E-state index in [1.54, 1.807) is 6.92 Å². The van der Waals surface area contributed by atoms with E-state index in [2.05, 4.69) is 9.97 Å². The minimum absolute atomic E-state index is 0.301. The van der Waals surface area contributed by atoms with Crippen LogP contribution in [0.2, 0.25) is 0 Å². The van der Waals surface area contributed by atoms with E-state index in [9.17, 15) is 4.39 Å². The van der Waals surface area contributed by atoms with Crippen molar-refractivity contribution < 1.29 is 4.39 Å². The molecule has 1 aromatic carbocycles. The van der Waals surface area contributed by atoms with Crippen LogP contribution in [-0.4, -0.2) is 23.1 Å². The first-order valence-corrected chi connectivity index (χ1v) is 6.65. The van der Waals surface area contributed by atoms with Crippen molar-refractivity contribution >= 4 is 11.5 Å². The summed E-state index contributed by atoms with van der Waals surface area (Å²) in [6, 6.07) is 7.92. The fourth-order valence-electron chi connectivity index (χ4n) is 1.96. The summed E-state index contributed by atoms with van der Waals surface area (Å²) in [5.41, 5.74) is 7.98. The van der Waals surface area contributed by atoms with E-state index < -0.39 is 0 Å². The second kappa shape index (κ2) is 6.43. The molecule has 2 N–H and O–H groups in total. The number of benzene rings is 1. The number of nitrogens with two attached hydrogens (primary N) is 1. The van der Waals surface area contributed by atoms with E-state index >= 15 is 0 Å². The van der Waals surface area contributed by atoms with Crippen LogP contribution in [0.3, 0.4) is 0 Å². The molecular formula is C15H19FN4. The minimum Gasteiger partial charge on any atom is -0.330 e. The van der Waals surface area contributed by atoms with Gasteiger partial charge in [0.05, 0.1) is 5.69 Å². The molecule has 0 aliphatic rings. The molecule has 2 rings (SSSR count). The Morgan fingerprint density at radius 3 is 2.50 bits per heavy atom. The molecule has 5 heteroatoms. The second-order valence-electron chi connectivity index (χ2n) is 4.73. The van der Waals surface area contributed by atoms with Crippen LogP contribution >= 0.6 is 0 Å². The molecular weight excluding hydrogens is 255 g/mol. The van der Waals surface area contributed by atoms with Crippen LogP contribution < -0.4 is 10.6 Å². The lowest BCUT2D eigenvalue weighted by molar-refractivity contribution is 0.597. The number of anilines is 2. The molecule has 0 atom stereocenters. The van der Waals surface area contributed by atoms with Crippen LogP contribution in [0, 0.1) is 19.7 Å². The molecule has 20 heavy (non-hydrogen) atoms. The summed E-state index contributed by atoms with van der Waals surface area (Å²) in [4.78, 5) is 9.81. The fourth-order valence-corrected chi connectivity index (χ4v) is 1.96. The van der Waals surface area contributed by atoms with E-state index in [0.29, 0.717) is 24.6 Å². The van der Waals surface area contributed by atoms with Crippen LogP contribution in [0.5, 0.6) is 0 Å². The van der Waals surface area contributed by atoms with Gasteiger partial charge in [-0.3, -0.25) is 0 Å². The summed E-state index contributed by atoms with van der Waals surface area (Å²) in [7, 11) is 0. The molecule has 0 saturated carbocycles. The maximum atomic E-state index is 14.2. The Labute approximate surface area is 118 Å². The molecule has 0 fully saturated rings. The van der Waals surface area contributed by atoms with Crippen LogP contribution in [0.15, 0.2) is 30.6 Å². The second-order valence-corrected chi connectivity index (χ2v) is 4.73. The van der Waals surface area contributed by atoms with Crippen LogP contribution in [0.1, 0.15) is 17.7 Å². The molecule has 1 heterocycles. The third kappa shape index (κ3) is 3.11. The molecule has 0 spiro atoms. The highest BCUT2D eigenvalue weighted by atomic mass is 19.1. The Morgan fingerprint density at radius 1 is 1.15 bits per heavy atom. The third-order valence-corrected chi connectivity index (χ3v) is 3.13. The van der Waals surface area contributed by atoms with Crippen molar-refractivity contribution in [2.24, 2.45) is 5.73 Å². The highest BCUT2D eigenvalue weighted by Gasteiger charge is 2.16. The first-order valence-electron chi connectivity index (χ1n) is 6.65. The third-order valence-electron chi connectivity index (χ3n) is 3.13. The Morgan fingerprint density at radius 2 is 1.85 bits per heavy atom. The van der Waals surface area contributed by atoms with Crippen molar-refractivity contribution in [2.75, 3.05) is 18.0 Å². The Bertz CT molecular complexity index is 569. The maximum Gasteiger partial charge on any atom is 0.187 e. The summed E-state index contributed by atoms with van der Waals surface area (Å²) in [6.07, 6.45) is 2.15. The molecule has 0 unspecified atom stereocenters. The number of aromatic nitrogens is 2. The first-order chi connectivity index (χ1) is 9.63. The average molecular weight is 274 g/mol. The summed E-state index contributed by atoms with van der Waals surface area (Å²) in [5, 5.41) is 0. The highest BCUT2D eigenvalue weighted by molar-refractivity contribution is 5.60. The van der Waals surface area contributed by atoms with Crippen molar-refractivity contribution in [1.82, 2.24) is 9.97 Å². The molecule has 2 aromatic rings. The molecule has 0 aliphatic carbocycles. The van der Waals surface area contributed by atoms with Gasteiger partial charge in [0.1, 0.15) is 6.33 Å². The van der Waals surface area contributed by atoms with Crippen molar-refractivity contribution in [1.29, 1.82) is 0 Å². The standard InChI is InChI=1S/C15H19FN4/c1-11-4-6-13(7-5-11)20(9-3-8-17)15-14(16)12(2)18-10-19-15/h4-7,10H,3,8-9,17H2,1-2H3. The van der Waals surface area contributed by atoms with Gasteiger partial charge < -0.3 is 10.6 Å². The van der Waals surface area contributed by atoms with Crippen molar-refractivity contribution in [3.05, 3.63) is 47.7 Å². The van der Waals surface area contributed by atoms with Crippen LogP contribution in [-0.2, 0) is 0 Å². The fraction of sp³-hybridized carbons (Fsp3) is 0.333. The van der Waals surface area contributed by atoms with Crippen LogP contribution in [0.25, 0.3) is 0 Å². The topological polar surface area (TPSA) is 55.0 Å². The molecule has 0 amide bonds. The number of hydrogen-bond acceptors (Lipinski definition) is 4. The molecule has 4 nitrogen and oxygen atoms in total.